The van der Waals surface area contributed by atoms with Gasteiger partial charge in [-0.3, -0.25) is 0 Å². The smallest absolute Gasteiger partial charge is 0.0899 e. The average Bonchev–Trinajstić information content (AvgIpc) is 2.28. The minimum Gasteiger partial charge on any atom is -0.385 e. The minimum atomic E-state index is -0.578. The van der Waals surface area contributed by atoms with Gasteiger partial charge in [-0.1, -0.05) is 50.1 Å². The molecule has 0 aliphatic heterocycles. The Kier molecular flexibility index (Phi) is 4.11. The van der Waals surface area contributed by atoms with Crippen LogP contribution in [0.1, 0.15) is 57.1 Å². The Labute approximate surface area is 111 Å². The molecule has 18 heavy (non-hydrogen) atoms. The summed E-state index contributed by atoms with van der Waals surface area (Å²) in [6.07, 6.45) is 5.54. The zero-order chi connectivity index (χ0) is 13.2. The van der Waals surface area contributed by atoms with Crippen molar-refractivity contribution in [3.8, 4) is 0 Å². The van der Waals surface area contributed by atoms with E-state index in [4.69, 9.17) is 0 Å². The van der Waals surface area contributed by atoms with Crippen molar-refractivity contribution in [1.82, 2.24) is 0 Å². The number of aliphatic hydroxyl groups is 1. The molecule has 1 aliphatic rings. The van der Waals surface area contributed by atoms with E-state index in [2.05, 4.69) is 45.0 Å². The van der Waals surface area contributed by atoms with E-state index in [0.717, 1.165) is 30.7 Å². The predicted molar refractivity (Wildman–Crippen MR) is 76.5 cm³/mol. The van der Waals surface area contributed by atoms with Crippen LogP contribution >= 0.6 is 0 Å². The van der Waals surface area contributed by atoms with Gasteiger partial charge in [0, 0.05) is 0 Å². The lowest BCUT2D eigenvalue weighted by Gasteiger charge is -2.38. The lowest BCUT2D eigenvalue weighted by Crippen LogP contribution is -2.33. The molecular weight excluding hydrogens is 220 g/mol. The Bertz CT molecular complexity index is 379. The van der Waals surface area contributed by atoms with Crippen molar-refractivity contribution < 1.29 is 5.11 Å². The van der Waals surface area contributed by atoms with E-state index in [1.165, 1.54) is 18.4 Å². The van der Waals surface area contributed by atoms with Crippen molar-refractivity contribution in [2.24, 2.45) is 11.8 Å². The zero-order valence-electron chi connectivity index (χ0n) is 11.9. The van der Waals surface area contributed by atoms with Crippen LogP contribution in [-0.2, 0) is 5.60 Å². The first-order chi connectivity index (χ1) is 8.49. The average molecular weight is 246 g/mol. The summed E-state index contributed by atoms with van der Waals surface area (Å²) in [7, 11) is 0. The zero-order valence-corrected chi connectivity index (χ0v) is 11.9. The van der Waals surface area contributed by atoms with Crippen LogP contribution in [0.5, 0.6) is 0 Å². The largest absolute Gasteiger partial charge is 0.385 e. The van der Waals surface area contributed by atoms with Gasteiger partial charge in [-0.25, -0.2) is 0 Å². The lowest BCUT2D eigenvalue weighted by molar-refractivity contribution is -0.0244. The van der Waals surface area contributed by atoms with Crippen molar-refractivity contribution >= 4 is 0 Å². The molecule has 1 nitrogen and oxygen atoms in total. The fourth-order valence-corrected chi connectivity index (χ4v) is 3.36. The van der Waals surface area contributed by atoms with Crippen molar-refractivity contribution in [3.63, 3.8) is 0 Å². The Morgan fingerprint density at radius 3 is 2.56 bits per heavy atom. The summed E-state index contributed by atoms with van der Waals surface area (Å²) in [4.78, 5) is 0. The Balaban J connectivity index is 2.12. The van der Waals surface area contributed by atoms with Crippen molar-refractivity contribution in [3.05, 3.63) is 35.4 Å². The fraction of sp³-hybridized carbons (Fsp3) is 0.647. The van der Waals surface area contributed by atoms with Gasteiger partial charge in [0.05, 0.1) is 5.60 Å². The van der Waals surface area contributed by atoms with E-state index in [1.807, 2.05) is 0 Å². The molecule has 2 unspecified atom stereocenters. The topological polar surface area (TPSA) is 20.2 Å². The van der Waals surface area contributed by atoms with E-state index < -0.39 is 5.60 Å². The maximum absolute atomic E-state index is 10.9. The number of aryl methyl sites for hydroxylation is 1. The molecule has 1 saturated carbocycles. The Hall–Kier alpha value is -0.820. The summed E-state index contributed by atoms with van der Waals surface area (Å²) >= 11 is 0. The van der Waals surface area contributed by atoms with Crippen LogP contribution in [0.15, 0.2) is 24.3 Å². The summed E-state index contributed by atoms with van der Waals surface area (Å²) in [6.45, 7) is 6.65. The van der Waals surface area contributed by atoms with Gasteiger partial charge in [-0.15, -0.1) is 0 Å². The van der Waals surface area contributed by atoms with Crippen LogP contribution in [0, 0.1) is 18.8 Å². The molecule has 0 radical (unpaired) electrons. The highest BCUT2D eigenvalue weighted by molar-refractivity contribution is 5.27. The first-order valence-electron chi connectivity index (χ1n) is 7.29. The van der Waals surface area contributed by atoms with Crippen LogP contribution < -0.4 is 0 Å². The normalized spacial score (nSPS) is 28.6. The molecule has 0 aromatic heterocycles. The summed E-state index contributed by atoms with van der Waals surface area (Å²) < 4.78 is 0. The SMILES string of the molecule is Cc1ccc(C2(O)CCCC(CC(C)C)C2)cc1. The van der Waals surface area contributed by atoms with Crippen molar-refractivity contribution in [2.45, 2.75) is 58.5 Å². The summed E-state index contributed by atoms with van der Waals surface area (Å²) in [5, 5.41) is 10.9. The molecule has 0 heterocycles. The van der Waals surface area contributed by atoms with E-state index >= 15 is 0 Å². The number of benzene rings is 1. The quantitative estimate of drug-likeness (QED) is 0.837. The third-order valence-electron chi connectivity index (χ3n) is 4.22. The molecule has 2 atom stereocenters. The van der Waals surface area contributed by atoms with E-state index in [-0.39, 0.29) is 0 Å². The summed E-state index contributed by atoms with van der Waals surface area (Å²) in [6, 6.07) is 8.43. The first kappa shape index (κ1) is 13.6. The molecule has 1 fully saturated rings. The van der Waals surface area contributed by atoms with Gasteiger partial charge in [-0.2, -0.15) is 0 Å². The molecule has 1 aromatic carbocycles. The molecule has 2 rings (SSSR count). The standard InChI is InChI=1S/C17H26O/c1-13(2)11-15-5-4-10-17(18,12-15)16-8-6-14(3)7-9-16/h6-9,13,15,18H,4-5,10-12H2,1-3H3. The number of hydrogen-bond donors (Lipinski definition) is 1. The van der Waals surface area contributed by atoms with Gasteiger partial charge in [-0.05, 0) is 50.0 Å². The molecule has 0 spiro atoms. The molecule has 1 aromatic rings. The minimum absolute atomic E-state index is 0.578. The molecule has 0 saturated heterocycles. The van der Waals surface area contributed by atoms with Gasteiger partial charge >= 0.3 is 0 Å². The first-order valence-corrected chi connectivity index (χ1v) is 7.29. The monoisotopic (exact) mass is 246 g/mol. The van der Waals surface area contributed by atoms with Gasteiger partial charge in [0.2, 0.25) is 0 Å². The predicted octanol–water partition coefficient (Wildman–Crippen LogP) is 4.42. The molecule has 0 amide bonds. The van der Waals surface area contributed by atoms with E-state index in [9.17, 15) is 5.11 Å². The fourth-order valence-electron chi connectivity index (χ4n) is 3.36. The second kappa shape index (κ2) is 5.44. The van der Waals surface area contributed by atoms with Crippen LogP contribution in [0.3, 0.4) is 0 Å². The second-order valence-electron chi connectivity index (χ2n) is 6.49. The molecular formula is C17H26O. The van der Waals surface area contributed by atoms with Crippen LogP contribution in [0.2, 0.25) is 0 Å². The summed E-state index contributed by atoms with van der Waals surface area (Å²) in [5.74, 6) is 1.42. The van der Waals surface area contributed by atoms with E-state index in [1.54, 1.807) is 0 Å². The highest BCUT2D eigenvalue weighted by Gasteiger charge is 2.35. The van der Waals surface area contributed by atoms with Crippen molar-refractivity contribution in [2.75, 3.05) is 0 Å². The number of hydrogen-bond acceptors (Lipinski definition) is 1. The molecule has 1 aliphatic carbocycles. The maximum atomic E-state index is 10.9. The molecule has 1 heteroatoms. The third-order valence-corrected chi connectivity index (χ3v) is 4.22. The summed E-state index contributed by atoms with van der Waals surface area (Å²) in [5.41, 5.74) is 1.80. The van der Waals surface area contributed by atoms with Gasteiger partial charge in [0.25, 0.3) is 0 Å². The van der Waals surface area contributed by atoms with Gasteiger partial charge in [0.1, 0.15) is 0 Å². The van der Waals surface area contributed by atoms with Crippen LogP contribution in [-0.4, -0.2) is 5.11 Å². The van der Waals surface area contributed by atoms with Gasteiger partial charge in [0.15, 0.2) is 0 Å². The number of rotatable bonds is 3. The van der Waals surface area contributed by atoms with Gasteiger partial charge < -0.3 is 5.11 Å². The molecule has 1 N–H and O–H groups in total. The Morgan fingerprint density at radius 2 is 1.94 bits per heavy atom. The third kappa shape index (κ3) is 3.14. The second-order valence-corrected chi connectivity index (χ2v) is 6.49. The highest BCUT2D eigenvalue weighted by Crippen LogP contribution is 2.41. The molecule has 0 bridgehead atoms. The maximum Gasteiger partial charge on any atom is 0.0899 e. The van der Waals surface area contributed by atoms with Crippen LogP contribution in [0.25, 0.3) is 0 Å². The Morgan fingerprint density at radius 1 is 1.28 bits per heavy atom. The molecule has 100 valence electrons. The van der Waals surface area contributed by atoms with E-state index in [0.29, 0.717) is 5.92 Å². The highest BCUT2D eigenvalue weighted by atomic mass is 16.3. The van der Waals surface area contributed by atoms with Crippen molar-refractivity contribution in [1.29, 1.82) is 0 Å². The van der Waals surface area contributed by atoms with Crippen LogP contribution in [0.4, 0.5) is 0 Å². The lowest BCUT2D eigenvalue weighted by atomic mass is 9.72.